The summed E-state index contributed by atoms with van der Waals surface area (Å²) in [5, 5.41) is 0. The molecule has 0 unspecified atom stereocenters. The van der Waals surface area contributed by atoms with Gasteiger partial charge >= 0.3 is 0 Å². The zero-order valence-corrected chi connectivity index (χ0v) is 34.6. The number of carbonyl (C=O) groups excluding carboxylic acids is 1. The molecule has 0 spiro atoms. The molecule has 1 amide bonds. The summed E-state index contributed by atoms with van der Waals surface area (Å²) >= 11 is 0. The molecule has 0 aromatic carbocycles. The fraction of sp³-hybridized carbons (Fsp3) is 0.809. The Hall–Kier alpha value is -1.69. The monoisotopic (exact) mass is 727 g/mol. The molecule has 1 heterocycles. The molecule has 0 aromatic heterocycles. The molecule has 0 saturated carbocycles. The number of likely N-dealkylation sites (tertiary alicyclic amines) is 1. The normalized spacial score (nSPS) is 16.6. The van der Waals surface area contributed by atoms with Crippen LogP contribution in [-0.2, 0) is 14.3 Å². The van der Waals surface area contributed by atoms with Gasteiger partial charge < -0.3 is 20.1 Å². The molecule has 52 heavy (non-hydrogen) atoms. The molecule has 5 heteroatoms. The van der Waals surface area contributed by atoms with E-state index in [9.17, 15) is 4.79 Å². The second kappa shape index (κ2) is 39.0. The Labute approximate surface area is 323 Å². The lowest BCUT2D eigenvalue weighted by molar-refractivity contribution is -0.130. The molecule has 1 aliphatic rings. The molecule has 0 aliphatic carbocycles. The minimum absolute atomic E-state index is 0.274. The highest BCUT2D eigenvalue weighted by molar-refractivity contribution is 5.76. The molecule has 5 nitrogen and oxygen atoms in total. The SMILES string of the molecule is CCCCC/C=C\C/C=C\CCCCCCCCOC[C@@H]1CN(C(=O)CCCCN)C[C@H]1COCCCCCCCC/C=C\C/C=C\CCCCC. The van der Waals surface area contributed by atoms with Gasteiger partial charge in [-0.15, -0.1) is 0 Å². The third-order valence-corrected chi connectivity index (χ3v) is 10.4. The van der Waals surface area contributed by atoms with Gasteiger partial charge in [0.25, 0.3) is 0 Å². The van der Waals surface area contributed by atoms with Crippen molar-refractivity contribution in [3.8, 4) is 0 Å². The predicted molar refractivity (Wildman–Crippen MR) is 227 cm³/mol. The smallest absolute Gasteiger partial charge is 0.222 e. The van der Waals surface area contributed by atoms with E-state index in [1.807, 2.05) is 0 Å². The van der Waals surface area contributed by atoms with E-state index in [0.29, 0.717) is 24.8 Å². The maximum atomic E-state index is 12.9. The lowest BCUT2D eigenvalue weighted by Gasteiger charge is -2.18. The van der Waals surface area contributed by atoms with Crippen LogP contribution in [0.2, 0.25) is 0 Å². The van der Waals surface area contributed by atoms with Crippen molar-refractivity contribution in [2.24, 2.45) is 17.6 Å². The highest BCUT2D eigenvalue weighted by Gasteiger charge is 2.35. The number of rotatable bonds is 38. The minimum Gasteiger partial charge on any atom is -0.381 e. The van der Waals surface area contributed by atoms with E-state index in [-0.39, 0.29) is 5.91 Å². The van der Waals surface area contributed by atoms with Crippen LogP contribution >= 0.6 is 0 Å². The standard InChI is InChI=1S/C47H86N2O3/c1-3-5-7-9-11-13-15-17-19-21-23-25-27-29-31-35-39-51-43-45-41-49(47(50)37-33-34-38-48)42-46(45)44-52-40-36-32-30-28-26-24-22-20-18-16-14-12-10-8-6-4-2/h11-14,17-20,45-46H,3-10,15-16,21-44,48H2,1-2H3/b13-11-,14-12-,19-17-,20-18-/t45-,46-/m0/s1. The number of ether oxygens (including phenoxy) is 2. The Morgan fingerprint density at radius 3 is 1.31 bits per heavy atom. The number of hydrogen-bond acceptors (Lipinski definition) is 4. The maximum absolute atomic E-state index is 12.9. The van der Waals surface area contributed by atoms with E-state index in [1.165, 1.54) is 128 Å². The zero-order chi connectivity index (χ0) is 37.4. The number of amides is 1. The van der Waals surface area contributed by atoms with E-state index >= 15 is 0 Å². The van der Waals surface area contributed by atoms with Crippen molar-refractivity contribution in [1.29, 1.82) is 0 Å². The van der Waals surface area contributed by atoms with Gasteiger partial charge in [0.1, 0.15) is 0 Å². The Bertz CT molecular complexity index is 822. The second-order valence-electron chi connectivity index (χ2n) is 15.4. The van der Waals surface area contributed by atoms with Gasteiger partial charge in [0.15, 0.2) is 0 Å². The summed E-state index contributed by atoms with van der Waals surface area (Å²) in [6.07, 6.45) is 51.4. The molecule has 0 bridgehead atoms. The molecule has 1 aliphatic heterocycles. The summed E-state index contributed by atoms with van der Waals surface area (Å²) in [6.45, 7) is 9.94. The van der Waals surface area contributed by atoms with Gasteiger partial charge in [0.05, 0.1) is 13.2 Å². The summed E-state index contributed by atoms with van der Waals surface area (Å²) in [4.78, 5) is 15.0. The van der Waals surface area contributed by atoms with Gasteiger partial charge in [-0.05, 0) is 96.4 Å². The number of nitrogens with zero attached hydrogens (tertiary/aromatic N) is 1. The molecule has 0 aromatic rings. The number of unbranched alkanes of at least 4 members (excludes halogenated alkanes) is 19. The highest BCUT2D eigenvalue weighted by Crippen LogP contribution is 2.26. The van der Waals surface area contributed by atoms with Gasteiger partial charge in [0.2, 0.25) is 5.91 Å². The quantitative estimate of drug-likeness (QED) is 0.0508. The van der Waals surface area contributed by atoms with Crippen LogP contribution in [0, 0.1) is 11.8 Å². The van der Waals surface area contributed by atoms with Crippen LogP contribution in [-0.4, -0.2) is 56.9 Å². The van der Waals surface area contributed by atoms with Crippen LogP contribution in [0.3, 0.4) is 0 Å². The van der Waals surface area contributed by atoms with Gasteiger partial charge in [-0.1, -0.05) is 140 Å². The fourth-order valence-corrected chi connectivity index (χ4v) is 6.95. The molecular weight excluding hydrogens is 641 g/mol. The third-order valence-electron chi connectivity index (χ3n) is 10.4. The van der Waals surface area contributed by atoms with Gasteiger partial charge in [0, 0.05) is 44.6 Å². The molecule has 302 valence electrons. The lowest BCUT2D eigenvalue weighted by Crippen LogP contribution is -2.29. The van der Waals surface area contributed by atoms with Crippen LogP contribution in [0.25, 0.3) is 0 Å². The van der Waals surface area contributed by atoms with Crippen LogP contribution in [0.4, 0.5) is 0 Å². The third kappa shape index (κ3) is 30.7. The average molecular weight is 727 g/mol. The Balaban J connectivity index is 2.13. The number of nitrogens with two attached hydrogens (primary N) is 1. The van der Waals surface area contributed by atoms with Crippen molar-refractivity contribution in [2.75, 3.05) is 46.1 Å². The number of allylic oxidation sites excluding steroid dienone is 8. The van der Waals surface area contributed by atoms with Crippen molar-refractivity contribution in [2.45, 2.75) is 187 Å². The summed E-state index contributed by atoms with van der Waals surface area (Å²) in [5.74, 6) is 1.02. The van der Waals surface area contributed by atoms with Crippen molar-refractivity contribution < 1.29 is 14.3 Å². The minimum atomic E-state index is 0.274. The van der Waals surface area contributed by atoms with E-state index in [0.717, 1.165) is 78.0 Å². The first-order chi connectivity index (χ1) is 25.7. The van der Waals surface area contributed by atoms with E-state index in [1.54, 1.807) is 0 Å². The largest absolute Gasteiger partial charge is 0.381 e. The molecule has 2 N–H and O–H groups in total. The van der Waals surface area contributed by atoms with Crippen LogP contribution in [0.1, 0.15) is 187 Å². The number of hydrogen-bond donors (Lipinski definition) is 1. The maximum Gasteiger partial charge on any atom is 0.222 e. The molecule has 0 radical (unpaired) electrons. The summed E-state index contributed by atoms with van der Waals surface area (Å²) in [6, 6.07) is 0. The van der Waals surface area contributed by atoms with Crippen molar-refractivity contribution in [3.63, 3.8) is 0 Å². The molecule has 2 atom stereocenters. The molecule has 1 saturated heterocycles. The molecular formula is C47H86N2O3. The molecule has 1 fully saturated rings. The Kier molecular flexibility index (Phi) is 36.3. The Morgan fingerprint density at radius 2 is 0.904 bits per heavy atom. The first-order valence-electron chi connectivity index (χ1n) is 22.5. The first-order valence-corrected chi connectivity index (χ1v) is 22.5. The van der Waals surface area contributed by atoms with Crippen LogP contribution in [0.15, 0.2) is 48.6 Å². The van der Waals surface area contributed by atoms with Crippen LogP contribution in [0.5, 0.6) is 0 Å². The fourth-order valence-electron chi connectivity index (χ4n) is 6.95. The summed E-state index contributed by atoms with van der Waals surface area (Å²) in [5.41, 5.74) is 5.66. The van der Waals surface area contributed by atoms with Gasteiger partial charge in [-0.2, -0.15) is 0 Å². The number of carbonyl (C=O) groups is 1. The average Bonchev–Trinajstić information content (AvgIpc) is 3.56. The highest BCUT2D eigenvalue weighted by atomic mass is 16.5. The van der Waals surface area contributed by atoms with Crippen molar-refractivity contribution in [3.05, 3.63) is 48.6 Å². The van der Waals surface area contributed by atoms with Crippen molar-refractivity contribution in [1.82, 2.24) is 4.90 Å². The second-order valence-corrected chi connectivity index (χ2v) is 15.4. The predicted octanol–water partition coefficient (Wildman–Crippen LogP) is 12.9. The van der Waals surface area contributed by atoms with E-state index < -0.39 is 0 Å². The summed E-state index contributed by atoms with van der Waals surface area (Å²) in [7, 11) is 0. The zero-order valence-electron chi connectivity index (χ0n) is 34.6. The summed E-state index contributed by atoms with van der Waals surface area (Å²) < 4.78 is 12.4. The van der Waals surface area contributed by atoms with E-state index in [4.69, 9.17) is 15.2 Å². The van der Waals surface area contributed by atoms with E-state index in [2.05, 4.69) is 67.4 Å². The first kappa shape index (κ1) is 48.3. The molecule has 1 rings (SSSR count). The lowest BCUT2D eigenvalue weighted by atomic mass is 9.98. The Morgan fingerprint density at radius 1 is 0.519 bits per heavy atom. The van der Waals surface area contributed by atoms with Gasteiger partial charge in [-0.3, -0.25) is 4.79 Å². The van der Waals surface area contributed by atoms with Crippen molar-refractivity contribution >= 4 is 5.91 Å². The topological polar surface area (TPSA) is 64.8 Å². The van der Waals surface area contributed by atoms with Gasteiger partial charge in [-0.25, -0.2) is 0 Å². The van der Waals surface area contributed by atoms with Crippen LogP contribution < -0.4 is 5.73 Å².